The van der Waals surface area contributed by atoms with E-state index in [1.54, 1.807) is 6.33 Å². The number of carbonyl (C=O) groups excluding carboxylic acids is 1. The third-order valence-electron chi connectivity index (χ3n) is 4.77. The molecule has 1 aromatic heterocycles. The number of aromatic nitrogens is 2. The monoisotopic (exact) mass is 303 g/mol. The van der Waals surface area contributed by atoms with Gasteiger partial charge in [-0.3, -0.25) is 4.79 Å². The van der Waals surface area contributed by atoms with Gasteiger partial charge in [0.15, 0.2) is 0 Å². The lowest BCUT2D eigenvalue weighted by Crippen LogP contribution is -2.46. The van der Waals surface area contributed by atoms with Crippen molar-refractivity contribution in [2.75, 3.05) is 42.9 Å². The zero-order chi connectivity index (χ0) is 15.4. The summed E-state index contributed by atoms with van der Waals surface area (Å²) in [6.45, 7) is 7.35. The van der Waals surface area contributed by atoms with Crippen LogP contribution in [-0.4, -0.2) is 53.5 Å². The number of carbonyl (C=O) groups is 1. The van der Waals surface area contributed by atoms with Crippen LogP contribution in [0, 0.1) is 5.92 Å². The van der Waals surface area contributed by atoms with Crippen molar-refractivity contribution < 1.29 is 4.79 Å². The summed E-state index contributed by atoms with van der Waals surface area (Å²) < 4.78 is 0. The van der Waals surface area contributed by atoms with E-state index in [0.29, 0.717) is 5.82 Å². The van der Waals surface area contributed by atoms with Crippen LogP contribution in [0.5, 0.6) is 0 Å². The van der Waals surface area contributed by atoms with Crippen molar-refractivity contribution in [3.63, 3.8) is 0 Å². The van der Waals surface area contributed by atoms with Crippen molar-refractivity contribution >= 4 is 17.5 Å². The lowest BCUT2D eigenvalue weighted by atomic mass is 10.1. The number of amides is 1. The van der Waals surface area contributed by atoms with Gasteiger partial charge in [0.25, 0.3) is 0 Å². The van der Waals surface area contributed by atoms with Crippen LogP contribution < -0.4 is 10.2 Å². The predicted molar refractivity (Wildman–Crippen MR) is 86.9 cm³/mol. The Bertz CT molecular complexity index is 507. The van der Waals surface area contributed by atoms with E-state index in [9.17, 15) is 4.79 Å². The summed E-state index contributed by atoms with van der Waals surface area (Å²) >= 11 is 0. The van der Waals surface area contributed by atoms with Crippen molar-refractivity contribution in [2.45, 2.75) is 32.6 Å². The molecule has 22 heavy (non-hydrogen) atoms. The SMILES string of the molecule is CCN1CCN(c2cc(NC(=O)C3CCCC3)ncn2)CC1. The number of hydrogen-bond donors (Lipinski definition) is 1. The molecule has 120 valence electrons. The normalized spacial score (nSPS) is 20.3. The molecule has 1 aliphatic carbocycles. The Hall–Kier alpha value is -1.69. The average molecular weight is 303 g/mol. The quantitative estimate of drug-likeness (QED) is 0.918. The van der Waals surface area contributed by atoms with Gasteiger partial charge < -0.3 is 15.1 Å². The highest BCUT2D eigenvalue weighted by molar-refractivity contribution is 5.92. The van der Waals surface area contributed by atoms with Crippen molar-refractivity contribution in [2.24, 2.45) is 5.92 Å². The molecule has 2 aliphatic rings. The summed E-state index contributed by atoms with van der Waals surface area (Å²) in [5.74, 6) is 1.80. The summed E-state index contributed by atoms with van der Waals surface area (Å²) in [6.07, 6.45) is 5.88. The van der Waals surface area contributed by atoms with Crippen molar-refractivity contribution in [1.29, 1.82) is 0 Å². The molecule has 1 amide bonds. The molecule has 2 heterocycles. The Morgan fingerprint density at radius 2 is 1.95 bits per heavy atom. The second-order valence-corrected chi connectivity index (χ2v) is 6.15. The number of hydrogen-bond acceptors (Lipinski definition) is 5. The van der Waals surface area contributed by atoms with E-state index in [0.717, 1.165) is 64.2 Å². The molecule has 1 aromatic rings. The maximum Gasteiger partial charge on any atom is 0.228 e. The van der Waals surface area contributed by atoms with Crippen LogP contribution in [0.1, 0.15) is 32.6 Å². The molecule has 0 spiro atoms. The molecule has 0 aromatic carbocycles. The van der Waals surface area contributed by atoms with E-state index in [4.69, 9.17) is 0 Å². The van der Waals surface area contributed by atoms with E-state index in [-0.39, 0.29) is 11.8 Å². The van der Waals surface area contributed by atoms with Gasteiger partial charge >= 0.3 is 0 Å². The molecule has 0 bridgehead atoms. The molecule has 2 fully saturated rings. The molecule has 1 N–H and O–H groups in total. The highest BCUT2D eigenvalue weighted by atomic mass is 16.1. The number of nitrogens with one attached hydrogen (secondary N) is 1. The van der Waals surface area contributed by atoms with E-state index in [1.165, 1.54) is 0 Å². The Labute approximate surface area is 131 Å². The first-order valence-corrected chi connectivity index (χ1v) is 8.36. The molecule has 3 rings (SSSR count). The van der Waals surface area contributed by atoms with Crippen LogP contribution in [0.15, 0.2) is 12.4 Å². The van der Waals surface area contributed by atoms with Crippen LogP contribution in [0.25, 0.3) is 0 Å². The molecule has 6 nitrogen and oxygen atoms in total. The van der Waals surface area contributed by atoms with Gasteiger partial charge in [0, 0.05) is 38.2 Å². The van der Waals surface area contributed by atoms with Gasteiger partial charge in [0.05, 0.1) is 0 Å². The van der Waals surface area contributed by atoms with E-state index < -0.39 is 0 Å². The summed E-state index contributed by atoms with van der Waals surface area (Å²) in [6, 6.07) is 1.90. The molecule has 0 radical (unpaired) electrons. The van der Waals surface area contributed by atoms with E-state index >= 15 is 0 Å². The van der Waals surface area contributed by atoms with Crippen LogP contribution in [0.3, 0.4) is 0 Å². The standard InChI is InChI=1S/C16H25N5O/c1-2-20-7-9-21(10-8-20)15-11-14(17-12-18-15)19-16(22)13-5-3-4-6-13/h11-13H,2-10H2,1H3,(H,17,18,19,22). The summed E-state index contributed by atoms with van der Waals surface area (Å²) in [7, 11) is 0. The fourth-order valence-corrected chi connectivity index (χ4v) is 3.30. The number of anilines is 2. The zero-order valence-electron chi connectivity index (χ0n) is 13.3. The minimum Gasteiger partial charge on any atom is -0.354 e. The zero-order valence-corrected chi connectivity index (χ0v) is 13.3. The lowest BCUT2D eigenvalue weighted by molar-refractivity contribution is -0.119. The molecular weight excluding hydrogens is 278 g/mol. The van der Waals surface area contributed by atoms with Crippen molar-refractivity contribution in [3.8, 4) is 0 Å². The van der Waals surface area contributed by atoms with Gasteiger partial charge in [-0.1, -0.05) is 19.8 Å². The Kier molecular flexibility index (Phi) is 4.87. The maximum absolute atomic E-state index is 12.2. The van der Waals surface area contributed by atoms with Gasteiger partial charge in [-0.15, -0.1) is 0 Å². The number of likely N-dealkylation sites (N-methyl/N-ethyl adjacent to an activating group) is 1. The summed E-state index contributed by atoms with van der Waals surface area (Å²) in [4.78, 5) is 25.4. The fourth-order valence-electron chi connectivity index (χ4n) is 3.30. The third kappa shape index (κ3) is 3.55. The van der Waals surface area contributed by atoms with Crippen LogP contribution in [-0.2, 0) is 4.79 Å². The fraction of sp³-hybridized carbons (Fsp3) is 0.688. The van der Waals surface area contributed by atoms with Gasteiger partial charge in [0.1, 0.15) is 18.0 Å². The molecule has 1 saturated heterocycles. The number of nitrogens with zero attached hydrogens (tertiary/aromatic N) is 4. The maximum atomic E-state index is 12.2. The largest absolute Gasteiger partial charge is 0.354 e. The van der Waals surface area contributed by atoms with Gasteiger partial charge in [0.2, 0.25) is 5.91 Å². The Morgan fingerprint density at radius 1 is 1.23 bits per heavy atom. The van der Waals surface area contributed by atoms with Crippen molar-refractivity contribution in [3.05, 3.63) is 12.4 Å². The number of rotatable bonds is 4. The molecule has 0 unspecified atom stereocenters. The molecule has 6 heteroatoms. The highest BCUT2D eigenvalue weighted by Gasteiger charge is 2.23. The molecular formula is C16H25N5O. The highest BCUT2D eigenvalue weighted by Crippen LogP contribution is 2.26. The Balaban J connectivity index is 1.61. The van der Waals surface area contributed by atoms with Crippen LogP contribution in [0.2, 0.25) is 0 Å². The minimum atomic E-state index is 0.109. The average Bonchev–Trinajstić information content (AvgIpc) is 3.10. The third-order valence-corrected chi connectivity index (χ3v) is 4.77. The first-order chi connectivity index (χ1) is 10.8. The minimum absolute atomic E-state index is 0.109. The van der Waals surface area contributed by atoms with Crippen LogP contribution >= 0.6 is 0 Å². The summed E-state index contributed by atoms with van der Waals surface area (Å²) in [5, 5.41) is 2.96. The van der Waals surface area contributed by atoms with E-state index in [1.807, 2.05) is 6.07 Å². The van der Waals surface area contributed by atoms with Gasteiger partial charge in [-0.25, -0.2) is 9.97 Å². The molecule has 1 saturated carbocycles. The molecule has 1 aliphatic heterocycles. The predicted octanol–water partition coefficient (Wildman–Crippen LogP) is 1.75. The lowest BCUT2D eigenvalue weighted by Gasteiger charge is -2.34. The van der Waals surface area contributed by atoms with Gasteiger partial charge in [-0.05, 0) is 19.4 Å². The van der Waals surface area contributed by atoms with Crippen LogP contribution in [0.4, 0.5) is 11.6 Å². The smallest absolute Gasteiger partial charge is 0.228 e. The Morgan fingerprint density at radius 3 is 2.64 bits per heavy atom. The topological polar surface area (TPSA) is 61.4 Å². The number of piperazine rings is 1. The first-order valence-electron chi connectivity index (χ1n) is 8.36. The van der Waals surface area contributed by atoms with Crippen molar-refractivity contribution in [1.82, 2.24) is 14.9 Å². The van der Waals surface area contributed by atoms with E-state index in [2.05, 4.69) is 32.0 Å². The summed E-state index contributed by atoms with van der Waals surface area (Å²) in [5.41, 5.74) is 0. The second-order valence-electron chi connectivity index (χ2n) is 6.15. The second kappa shape index (κ2) is 7.05. The molecule has 0 atom stereocenters. The van der Waals surface area contributed by atoms with Gasteiger partial charge in [-0.2, -0.15) is 0 Å². The first kappa shape index (κ1) is 15.2.